The van der Waals surface area contributed by atoms with Crippen molar-refractivity contribution in [3.05, 3.63) is 23.7 Å². The molecular weight excluding hydrogens is 230 g/mol. The van der Waals surface area contributed by atoms with E-state index in [2.05, 4.69) is 16.6 Å². The average Bonchev–Trinajstić information content (AvgIpc) is 3.11. The summed E-state index contributed by atoms with van der Waals surface area (Å²) in [5, 5.41) is 0. The van der Waals surface area contributed by atoms with E-state index in [9.17, 15) is 4.79 Å². The third kappa shape index (κ3) is 1.85. The van der Waals surface area contributed by atoms with Crippen LogP contribution in [0, 0.1) is 5.92 Å². The summed E-state index contributed by atoms with van der Waals surface area (Å²) >= 11 is 0. The van der Waals surface area contributed by atoms with Crippen molar-refractivity contribution < 1.29 is 13.9 Å². The standard InChI is InChI=1S/C14H19NO3/c1-9(15-8-10-3-4-11(15)7-10)12-5-6-13(18-12)14(16)17-2/h5-6,9-11H,3-4,7-8H2,1-2H3. The molecule has 0 radical (unpaired) electrons. The highest BCUT2D eigenvalue weighted by Crippen LogP contribution is 2.42. The van der Waals surface area contributed by atoms with E-state index in [1.54, 1.807) is 6.07 Å². The van der Waals surface area contributed by atoms with Crippen molar-refractivity contribution in [3.63, 3.8) is 0 Å². The molecule has 0 aromatic carbocycles. The van der Waals surface area contributed by atoms with Crippen molar-refractivity contribution in [2.75, 3.05) is 13.7 Å². The van der Waals surface area contributed by atoms with Gasteiger partial charge in [0.1, 0.15) is 5.76 Å². The molecule has 3 unspecified atom stereocenters. The van der Waals surface area contributed by atoms with E-state index < -0.39 is 5.97 Å². The zero-order valence-electron chi connectivity index (χ0n) is 10.9. The molecule has 2 heterocycles. The smallest absolute Gasteiger partial charge is 0.373 e. The number of nitrogens with zero attached hydrogens (tertiary/aromatic N) is 1. The van der Waals surface area contributed by atoms with Crippen molar-refractivity contribution in [2.45, 2.75) is 38.3 Å². The van der Waals surface area contributed by atoms with Crippen LogP contribution in [0.2, 0.25) is 0 Å². The highest BCUT2D eigenvalue weighted by atomic mass is 16.5. The maximum Gasteiger partial charge on any atom is 0.373 e. The molecule has 1 aromatic heterocycles. The minimum Gasteiger partial charge on any atom is -0.463 e. The van der Waals surface area contributed by atoms with Crippen LogP contribution >= 0.6 is 0 Å². The minimum atomic E-state index is -0.406. The molecule has 18 heavy (non-hydrogen) atoms. The molecule has 0 amide bonds. The van der Waals surface area contributed by atoms with Gasteiger partial charge in [0.2, 0.25) is 5.76 Å². The van der Waals surface area contributed by atoms with Gasteiger partial charge in [-0.2, -0.15) is 0 Å². The number of ether oxygens (including phenoxy) is 1. The summed E-state index contributed by atoms with van der Waals surface area (Å²) in [6.07, 6.45) is 4.01. The molecule has 98 valence electrons. The molecule has 1 aliphatic carbocycles. The Morgan fingerprint density at radius 1 is 1.50 bits per heavy atom. The highest BCUT2D eigenvalue weighted by molar-refractivity contribution is 5.86. The summed E-state index contributed by atoms with van der Waals surface area (Å²) in [6.45, 7) is 3.32. The summed E-state index contributed by atoms with van der Waals surface area (Å²) in [6, 6.07) is 4.55. The first-order chi connectivity index (χ1) is 8.69. The molecule has 1 saturated carbocycles. The average molecular weight is 249 g/mol. The number of carbonyl (C=O) groups is 1. The number of esters is 1. The van der Waals surface area contributed by atoms with Crippen LogP contribution < -0.4 is 0 Å². The maximum atomic E-state index is 11.4. The van der Waals surface area contributed by atoms with Gasteiger partial charge >= 0.3 is 5.97 Å². The normalized spacial score (nSPS) is 28.6. The van der Waals surface area contributed by atoms with E-state index in [0.717, 1.165) is 11.7 Å². The van der Waals surface area contributed by atoms with E-state index in [1.165, 1.54) is 32.9 Å². The van der Waals surface area contributed by atoms with Crippen LogP contribution in [0.3, 0.4) is 0 Å². The zero-order valence-corrected chi connectivity index (χ0v) is 10.9. The van der Waals surface area contributed by atoms with Crippen LogP contribution in [-0.2, 0) is 4.74 Å². The highest BCUT2D eigenvalue weighted by Gasteiger charge is 2.40. The summed E-state index contributed by atoms with van der Waals surface area (Å²) < 4.78 is 10.3. The third-order valence-corrected chi connectivity index (χ3v) is 4.37. The summed E-state index contributed by atoms with van der Waals surface area (Å²) in [7, 11) is 1.37. The van der Waals surface area contributed by atoms with Gasteiger partial charge in [-0.3, -0.25) is 4.90 Å². The van der Waals surface area contributed by atoms with Crippen molar-refractivity contribution in [1.82, 2.24) is 4.90 Å². The molecule has 4 nitrogen and oxygen atoms in total. The van der Waals surface area contributed by atoms with Crippen molar-refractivity contribution in [2.24, 2.45) is 5.92 Å². The number of hydrogen-bond acceptors (Lipinski definition) is 4. The van der Waals surface area contributed by atoms with Crippen LogP contribution in [0.5, 0.6) is 0 Å². The molecule has 1 saturated heterocycles. The van der Waals surface area contributed by atoms with Gasteiger partial charge in [-0.1, -0.05) is 0 Å². The number of fused-ring (bicyclic) bond motifs is 2. The van der Waals surface area contributed by atoms with Gasteiger partial charge < -0.3 is 9.15 Å². The largest absolute Gasteiger partial charge is 0.463 e. The second kappa shape index (κ2) is 4.43. The number of hydrogen-bond donors (Lipinski definition) is 0. The quantitative estimate of drug-likeness (QED) is 0.772. The fourth-order valence-corrected chi connectivity index (χ4v) is 3.39. The number of furan rings is 1. The zero-order chi connectivity index (χ0) is 12.7. The van der Waals surface area contributed by atoms with Crippen molar-refractivity contribution in [1.29, 1.82) is 0 Å². The van der Waals surface area contributed by atoms with E-state index in [0.29, 0.717) is 11.8 Å². The third-order valence-electron chi connectivity index (χ3n) is 4.37. The van der Waals surface area contributed by atoms with E-state index in [1.807, 2.05) is 6.07 Å². The lowest BCUT2D eigenvalue weighted by molar-refractivity contribution is 0.0557. The molecule has 0 spiro atoms. The van der Waals surface area contributed by atoms with Crippen molar-refractivity contribution in [3.8, 4) is 0 Å². The summed E-state index contributed by atoms with van der Waals surface area (Å²) in [5.41, 5.74) is 0. The number of rotatable bonds is 3. The Kier molecular flexibility index (Phi) is 2.90. The number of piperidine rings is 1. The molecule has 2 bridgehead atoms. The van der Waals surface area contributed by atoms with Gasteiger partial charge in [-0.05, 0) is 44.2 Å². The lowest BCUT2D eigenvalue weighted by atomic mass is 10.1. The molecule has 4 heteroatoms. The maximum absolute atomic E-state index is 11.4. The number of likely N-dealkylation sites (tertiary alicyclic amines) is 1. The monoisotopic (exact) mass is 249 g/mol. The van der Waals surface area contributed by atoms with Crippen LogP contribution in [0.25, 0.3) is 0 Å². The second-order valence-electron chi connectivity index (χ2n) is 5.40. The molecule has 3 atom stereocenters. The fraction of sp³-hybridized carbons (Fsp3) is 0.643. The number of carbonyl (C=O) groups excluding carboxylic acids is 1. The summed E-state index contributed by atoms with van der Waals surface area (Å²) in [5.74, 6) is 1.62. The molecule has 0 N–H and O–H groups in total. The predicted octanol–water partition coefficient (Wildman–Crippen LogP) is 2.61. The Balaban J connectivity index is 1.74. The molecule has 2 aliphatic rings. The minimum absolute atomic E-state index is 0.249. The Labute approximate surface area is 107 Å². The fourth-order valence-electron chi connectivity index (χ4n) is 3.39. The van der Waals surface area contributed by atoms with Crippen LogP contribution in [0.1, 0.15) is 48.5 Å². The van der Waals surface area contributed by atoms with Crippen LogP contribution in [0.4, 0.5) is 0 Å². The number of methoxy groups -OCH3 is 1. The van der Waals surface area contributed by atoms with E-state index >= 15 is 0 Å². The van der Waals surface area contributed by atoms with Gasteiger partial charge in [-0.15, -0.1) is 0 Å². The van der Waals surface area contributed by atoms with Crippen molar-refractivity contribution >= 4 is 5.97 Å². The summed E-state index contributed by atoms with van der Waals surface area (Å²) in [4.78, 5) is 13.9. The van der Waals surface area contributed by atoms with Gasteiger partial charge in [0, 0.05) is 12.6 Å². The first-order valence-corrected chi connectivity index (χ1v) is 6.63. The molecule has 1 aliphatic heterocycles. The van der Waals surface area contributed by atoms with Gasteiger partial charge in [-0.25, -0.2) is 4.79 Å². The SMILES string of the molecule is COC(=O)c1ccc(C(C)N2CC3CCC2C3)o1. The van der Waals surface area contributed by atoms with E-state index in [-0.39, 0.29) is 6.04 Å². The molecular formula is C14H19NO3. The second-order valence-corrected chi connectivity index (χ2v) is 5.40. The van der Waals surface area contributed by atoms with Gasteiger partial charge in [0.25, 0.3) is 0 Å². The lowest BCUT2D eigenvalue weighted by Crippen LogP contribution is -2.34. The molecule has 2 fully saturated rings. The Morgan fingerprint density at radius 3 is 2.94 bits per heavy atom. The Morgan fingerprint density at radius 2 is 2.33 bits per heavy atom. The van der Waals surface area contributed by atoms with Crippen LogP contribution in [0.15, 0.2) is 16.5 Å². The molecule has 3 rings (SSSR count). The van der Waals surface area contributed by atoms with E-state index in [4.69, 9.17) is 4.42 Å². The molecule has 1 aromatic rings. The lowest BCUT2D eigenvalue weighted by Gasteiger charge is -2.31. The van der Waals surface area contributed by atoms with Gasteiger partial charge in [0.05, 0.1) is 13.2 Å². The first-order valence-electron chi connectivity index (χ1n) is 6.63. The topological polar surface area (TPSA) is 42.7 Å². The Hall–Kier alpha value is -1.29. The van der Waals surface area contributed by atoms with Gasteiger partial charge in [0.15, 0.2) is 0 Å². The first kappa shape index (κ1) is 11.8. The van der Waals surface area contributed by atoms with Crippen LogP contribution in [-0.4, -0.2) is 30.6 Å². The Bertz CT molecular complexity index is 454. The predicted molar refractivity (Wildman–Crippen MR) is 66.3 cm³/mol.